The lowest BCUT2D eigenvalue weighted by Crippen LogP contribution is -2.55. The van der Waals surface area contributed by atoms with E-state index >= 15 is 0 Å². The third kappa shape index (κ3) is 3.22. The highest BCUT2D eigenvalue weighted by atomic mass is 16.5. The van der Waals surface area contributed by atoms with Crippen LogP contribution < -0.4 is 0 Å². The largest absolute Gasteiger partial charge is 0.456 e. The molecule has 2 heterocycles. The van der Waals surface area contributed by atoms with Crippen LogP contribution in [0.15, 0.2) is 10.5 Å². The van der Waals surface area contributed by atoms with Crippen LogP contribution in [0.5, 0.6) is 0 Å². The Labute approximate surface area is 119 Å². The number of hydrogen-bond donors (Lipinski definition) is 0. The monoisotopic (exact) mass is 281 g/mol. The topological polar surface area (TPSA) is 51.9 Å². The van der Waals surface area contributed by atoms with E-state index in [4.69, 9.17) is 13.9 Å². The molecule has 2 rings (SSSR count). The molecule has 112 valence electrons. The predicted molar refractivity (Wildman–Crippen MR) is 74.9 cm³/mol. The summed E-state index contributed by atoms with van der Waals surface area (Å²) in [5, 5.41) is 0. The second-order valence-corrected chi connectivity index (χ2v) is 6.01. The normalized spacial score (nSPS) is 22.1. The SMILES string of the molecule is COC[C@H]1CN(C(=O)c2oc(C)cc2C)CC(C)(C)O1. The van der Waals surface area contributed by atoms with E-state index in [9.17, 15) is 4.79 Å². The molecule has 0 aromatic carbocycles. The van der Waals surface area contributed by atoms with Crippen LogP contribution in [0.4, 0.5) is 0 Å². The fourth-order valence-corrected chi connectivity index (χ4v) is 2.72. The van der Waals surface area contributed by atoms with Crippen LogP contribution in [0.1, 0.15) is 35.7 Å². The zero-order valence-electron chi connectivity index (χ0n) is 12.9. The number of rotatable bonds is 3. The maximum atomic E-state index is 12.6. The van der Waals surface area contributed by atoms with E-state index in [0.29, 0.717) is 25.5 Å². The Morgan fingerprint density at radius 3 is 2.75 bits per heavy atom. The summed E-state index contributed by atoms with van der Waals surface area (Å²) in [6, 6.07) is 1.88. The van der Waals surface area contributed by atoms with Crippen LogP contribution in [-0.4, -0.2) is 49.3 Å². The van der Waals surface area contributed by atoms with Gasteiger partial charge in [0.2, 0.25) is 0 Å². The van der Waals surface area contributed by atoms with Gasteiger partial charge in [0.1, 0.15) is 5.76 Å². The Morgan fingerprint density at radius 2 is 2.20 bits per heavy atom. The number of carbonyl (C=O) groups excluding carboxylic acids is 1. The van der Waals surface area contributed by atoms with Crippen molar-refractivity contribution in [1.29, 1.82) is 0 Å². The maximum absolute atomic E-state index is 12.6. The first-order valence-corrected chi connectivity index (χ1v) is 6.85. The summed E-state index contributed by atoms with van der Waals surface area (Å²) in [6.07, 6.45) is -0.107. The molecule has 0 unspecified atom stereocenters. The van der Waals surface area contributed by atoms with Crippen molar-refractivity contribution in [2.75, 3.05) is 26.8 Å². The van der Waals surface area contributed by atoms with Crippen molar-refractivity contribution in [3.63, 3.8) is 0 Å². The molecule has 0 radical (unpaired) electrons. The first-order chi connectivity index (χ1) is 9.32. The van der Waals surface area contributed by atoms with Gasteiger partial charge in [0.05, 0.1) is 18.3 Å². The Bertz CT molecular complexity index is 492. The molecule has 1 fully saturated rings. The Morgan fingerprint density at radius 1 is 1.50 bits per heavy atom. The van der Waals surface area contributed by atoms with E-state index in [-0.39, 0.29) is 17.6 Å². The Balaban J connectivity index is 2.18. The third-order valence-corrected chi connectivity index (χ3v) is 3.36. The molecule has 1 aromatic rings. The van der Waals surface area contributed by atoms with E-state index in [0.717, 1.165) is 11.3 Å². The highest BCUT2D eigenvalue weighted by Crippen LogP contribution is 2.24. The molecule has 1 aliphatic rings. The molecular formula is C15H23NO4. The Hall–Kier alpha value is -1.33. The molecule has 0 spiro atoms. The van der Waals surface area contributed by atoms with Gasteiger partial charge in [-0.2, -0.15) is 0 Å². The van der Waals surface area contributed by atoms with Crippen molar-refractivity contribution < 1.29 is 18.7 Å². The quantitative estimate of drug-likeness (QED) is 0.852. The van der Waals surface area contributed by atoms with Crippen molar-refractivity contribution in [2.24, 2.45) is 0 Å². The second-order valence-electron chi connectivity index (χ2n) is 6.01. The molecule has 1 amide bonds. The summed E-state index contributed by atoms with van der Waals surface area (Å²) in [6.45, 7) is 9.25. The van der Waals surface area contributed by atoms with E-state index in [2.05, 4.69) is 0 Å². The zero-order chi connectivity index (χ0) is 14.9. The molecule has 5 heteroatoms. The average molecular weight is 281 g/mol. The third-order valence-electron chi connectivity index (χ3n) is 3.36. The number of morpholine rings is 1. The van der Waals surface area contributed by atoms with Gasteiger partial charge in [-0.15, -0.1) is 0 Å². The fourth-order valence-electron chi connectivity index (χ4n) is 2.72. The van der Waals surface area contributed by atoms with Crippen molar-refractivity contribution in [1.82, 2.24) is 4.90 Å². The highest BCUT2D eigenvalue weighted by molar-refractivity contribution is 5.93. The van der Waals surface area contributed by atoms with Gasteiger partial charge in [0, 0.05) is 25.8 Å². The van der Waals surface area contributed by atoms with Gasteiger partial charge in [-0.25, -0.2) is 0 Å². The van der Waals surface area contributed by atoms with E-state index in [1.807, 2.05) is 33.8 Å². The number of ether oxygens (including phenoxy) is 2. The van der Waals surface area contributed by atoms with Gasteiger partial charge in [-0.3, -0.25) is 4.79 Å². The number of aryl methyl sites for hydroxylation is 2. The Kier molecular flexibility index (Phi) is 4.20. The molecule has 0 aliphatic carbocycles. The van der Waals surface area contributed by atoms with Crippen LogP contribution in [0.3, 0.4) is 0 Å². The fraction of sp³-hybridized carbons (Fsp3) is 0.667. The lowest BCUT2D eigenvalue weighted by atomic mass is 10.0. The number of methoxy groups -OCH3 is 1. The standard InChI is InChI=1S/C15H23NO4/c1-10-6-11(2)19-13(10)14(17)16-7-12(8-18-5)20-15(3,4)9-16/h6,12H,7-9H2,1-5H3/t12-/m1/s1. The molecule has 1 atom stereocenters. The lowest BCUT2D eigenvalue weighted by Gasteiger charge is -2.42. The molecule has 5 nitrogen and oxygen atoms in total. The average Bonchev–Trinajstić information content (AvgIpc) is 2.66. The summed E-state index contributed by atoms with van der Waals surface area (Å²) in [5.41, 5.74) is 0.493. The minimum Gasteiger partial charge on any atom is -0.456 e. The summed E-state index contributed by atoms with van der Waals surface area (Å²) < 4.78 is 16.6. The summed E-state index contributed by atoms with van der Waals surface area (Å²) in [4.78, 5) is 14.4. The summed E-state index contributed by atoms with van der Waals surface area (Å²) in [7, 11) is 1.64. The summed E-state index contributed by atoms with van der Waals surface area (Å²) in [5.74, 6) is 1.11. The van der Waals surface area contributed by atoms with E-state index in [1.54, 1.807) is 12.0 Å². The second kappa shape index (κ2) is 5.58. The first kappa shape index (κ1) is 15.1. The number of amides is 1. The minimum absolute atomic E-state index is 0.0759. The molecule has 1 aliphatic heterocycles. The van der Waals surface area contributed by atoms with Crippen molar-refractivity contribution in [3.8, 4) is 0 Å². The summed E-state index contributed by atoms with van der Waals surface area (Å²) >= 11 is 0. The van der Waals surface area contributed by atoms with Gasteiger partial charge in [0.15, 0.2) is 5.76 Å². The molecule has 20 heavy (non-hydrogen) atoms. The first-order valence-electron chi connectivity index (χ1n) is 6.85. The smallest absolute Gasteiger partial charge is 0.290 e. The molecule has 1 saturated heterocycles. The number of furan rings is 1. The molecule has 0 saturated carbocycles. The highest BCUT2D eigenvalue weighted by Gasteiger charge is 2.37. The van der Waals surface area contributed by atoms with Gasteiger partial charge < -0.3 is 18.8 Å². The van der Waals surface area contributed by atoms with Gasteiger partial charge in [0.25, 0.3) is 5.91 Å². The lowest BCUT2D eigenvalue weighted by molar-refractivity contribution is -0.143. The molecular weight excluding hydrogens is 258 g/mol. The van der Waals surface area contributed by atoms with Crippen molar-refractivity contribution in [3.05, 3.63) is 23.2 Å². The number of hydrogen-bond acceptors (Lipinski definition) is 4. The zero-order valence-corrected chi connectivity index (χ0v) is 12.9. The van der Waals surface area contributed by atoms with Crippen LogP contribution in [0, 0.1) is 13.8 Å². The van der Waals surface area contributed by atoms with E-state index in [1.165, 1.54) is 0 Å². The van der Waals surface area contributed by atoms with Gasteiger partial charge >= 0.3 is 0 Å². The molecule has 0 N–H and O–H groups in total. The van der Waals surface area contributed by atoms with Gasteiger partial charge in [-0.05, 0) is 33.8 Å². The molecule has 0 bridgehead atoms. The van der Waals surface area contributed by atoms with Crippen LogP contribution in [-0.2, 0) is 9.47 Å². The van der Waals surface area contributed by atoms with E-state index < -0.39 is 0 Å². The van der Waals surface area contributed by atoms with Crippen LogP contribution in [0.25, 0.3) is 0 Å². The minimum atomic E-state index is -0.382. The van der Waals surface area contributed by atoms with Crippen LogP contribution >= 0.6 is 0 Å². The van der Waals surface area contributed by atoms with Crippen molar-refractivity contribution >= 4 is 5.91 Å². The maximum Gasteiger partial charge on any atom is 0.290 e. The van der Waals surface area contributed by atoms with Gasteiger partial charge in [-0.1, -0.05) is 0 Å². The van der Waals surface area contributed by atoms with Crippen molar-refractivity contribution in [2.45, 2.75) is 39.4 Å². The number of carbonyl (C=O) groups is 1. The predicted octanol–water partition coefficient (Wildman–Crippen LogP) is 2.16. The van der Waals surface area contributed by atoms with Crippen LogP contribution in [0.2, 0.25) is 0 Å². The molecule has 1 aromatic heterocycles. The number of nitrogens with zero attached hydrogens (tertiary/aromatic N) is 1.